The lowest BCUT2D eigenvalue weighted by atomic mass is 10.2. The van der Waals surface area contributed by atoms with Gasteiger partial charge in [0.1, 0.15) is 18.0 Å². The molecule has 1 aliphatic rings. The number of carbonyl (C=O) groups is 2. The van der Waals surface area contributed by atoms with Gasteiger partial charge in [0.05, 0.1) is 43.9 Å². The second kappa shape index (κ2) is 15.1. The number of ether oxygens (including phenoxy) is 3. The van der Waals surface area contributed by atoms with Crippen molar-refractivity contribution in [3.63, 3.8) is 0 Å². The average Bonchev–Trinajstić information content (AvgIpc) is 2.93. The van der Waals surface area contributed by atoms with Crippen molar-refractivity contribution < 1.29 is 43.5 Å². The second-order valence-electron chi connectivity index (χ2n) is 8.60. The summed E-state index contributed by atoms with van der Waals surface area (Å²) in [5.41, 5.74) is 1.32. The fraction of sp³-hybridized carbons (Fsp3) is 0.385. The third kappa shape index (κ3) is 9.16. The Morgan fingerprint density at radius 3 is 2.55 bits per heavy atom. The lowest BCUT2D eigenvalue weighted by Gasteiger charge is -2.26. The summed E-state index contributed by atoms with van der Waals surface area (Å²) in [4.78, 5) is 30.4. The minimum Gasteiger partial charge on any atom is -0.493 e. The number of aromatic nitrogens is 2. The number of aliphatic carboxylic acids is 2. The van der Waals surface area contributed by atoms with Crippen LogP contribution in [0.5, 0.6) is 11.5 Å². The van der Waals surface area contributed by atoms with E-state index in [9.17, 15) is 14.0 Å². The molecule has 2 heterocycles. The van der Waals surface area contributed by atoms with Gasteiger partial charge in [0.2, 0.25) is 0 Å². The monoisotopic (exact) mass is 580 g/mol. The number of aliphatic hydroxyl groups excluding tert-OH is 1. The maximum absolute atomic E-state index is 13.5. The molecule has 4 N–H and O–H groups in total. The first-order chi connectivity index (χ1) is 19.2. The van der Waals surface area contributed by atoms with E-state index >= 15 is 0 Å². The number of rotatable bonds is 11. The van der Waals surface area contributed by atoms with Crippen LogP contribution in [0.1, 0.15) is 12.8 Å². The Bertz CT molecular complexity index is 1310. The number of morpholine rings is 1. The molecular formula is C26H30ClFN4O8. The summed E-state index contributed by atoms with van der Waals surface area (Å²) in [5, 5.41) is 28.1. The number of carboxylic acids is 2. The van der Waals surface area contributed by atoms with E-state index in [1.165, 1.54) is 18.5 Å². The lowest BCUT2D eigenvalue weighted by molar-refractivity contribution is -0.152. The number of carboxylic acid groups (broad SMARTS) is 2. The molecule has 1 saturated heterocycles. The van der Waals surface area contributed by atoms with E-state index in [0.29, 0.717) is 35.1 Å². The number of anilines is 2. The van der Waals surface area contributed by atoms with Gasteiger partial charge in [-0.3, -0.25) is 9.69 Å². The Labute approximate surface area is 234 Å². The number of aliphatic hydroxyl groups is 1. The van der Waals surface area contributed by atoms with Crippen molar-refractivity contribution in [3.05, 3.63) is 47.5 Å². The highest BCUT2D eigenvalue weighted by atomic mass is 35.5. The molecule has 216 valence electrons. The fourth-order valence-electron chi connectivity index (χ4n) is 3.69. The predicted octanol–water partition coefficient (Wildman–Crippen LogP) is 3.18. The van der Waals surface area contributed by atoms with Gasteiger partial charge in [0.25, 0.3) is 0 Å². The molecule has 0 amide bonds. The average molecular weight is 581 g/mol. The normalized spacial score (nSPS) is 14.1. The van der Waals surface area contributed by atoms with Crippen molar-refractivity contribution in [1.29, 1.82) is 0 Å². The molecule has 0 spiro atoms. The SMILES string of the molecule is COc1cc2ncnc(Nc3ccc(F)c(Cl)c3)c2cc1OCCCN1CCOCC1.O=C(O)CC(O)C(=O)O. The van der Waals surface area contributed by atoms with Crippen LogP contribution in [0, 0.1) is 5.82 Å². The smallest absolute Gasteiger partial charge is 0.333 e. The van der Waals surface area contributed by atoms with Gasteiger partial charge in [-0.2, -0.15) is 0 Å². The van der Waals surface area contributed by atoms with Gasteiger partial charge in [-0.15, -0.1) is 0 Å². The summed E-state index contributed by atoms with van der Waals surface area (Å²) in [6.07, 6.45) is -0.193. The molecule has 12 nitrogen and oxygen atoms in total. The first kappa shape index (κ1) is 30.8. The van der Waals surface area contributed by atoms with Crippen LogP contribution in [-0.4, -0.2) is 94.8 Å². The zero-order valence-electron chi connectivity index (χ0n) is 21.7. The number of fused-ring (bicyclic) bond motifs is 1. The molecule has 2 aromatic carbocycles. The van der Waals surface area contributed by atoms with Crippen LogP contribution in [-0.2, 0) is 14.3 Å². The molecule has 40 heavy (non-hydrogen) atoms. The van der Waals surface area contributed by atoms with Gasteiger partial charge in [0, 0.05) is 36.8 Å². The van der Waals surface area contributed by atoms with Gasteiger partial charge in [-0.1, -0.05) is 11.6 Å². The van der Waals surface area contributed by atoms with Crippen molar-refractivity contribution in [2.45, 2.75) is 18.9 Å². The van der Waals surface area contributed by atoms with E-state index in [1.54, 1.807) is 13.2 Å². The largest absolute Gasteiger partial charge is 0.493 e. The van der Waals surface area contributed by atoms with Crippen LogP contribution in [0.3, 0.4) is 0 Å². The van der Waals surface area contributed by atoms with Gasteiger partial charge in [0.15, 0.2) is 17.6 Å². The molecule has 1 aromatic heterocycles. The number of methoxy groups -OCH3 is 1. The third-order valence-electron chi connectivity index (χ3n) is 5.74. The van der Waals surface area contributed by atoms with Crippen LogP contribution in [0.15, 0.2) is 36.7 Å². The summed E-state index contributed by atoms with van der Waals surface area (Å²) in [7, 11) is 1.60. The van der Waals surface area contributed by atoms with Crippen LogP contribution >= 0.6 is 11.6 Å². The van der Waals surface area contributed by atoms with Crippen LogP contribution in [0.25, 0.3) is 10.9 Å². The molecule has 0 radical (unpaired) electrons. The molecule has 1 fully saturated rings. The summed E-state index contributed by atoms with van der Waals surface area (Å²) in [5.74, 6) is -1.53. The molecular weight excluding hydrogens is 551 g/mol. The zero-order chi connectivity index (χ0) is 29.1. The van der Waals surface area contributed by atoms with Crippen LogP contribution in [0.4, 0.5) is 15.9 Å². The topological polar surface area (TPSA) is 164 Å². The molecule has 0 bridgehead atoms. The number of nitrogens with zero attached hydrogens (tertiary/aromatic N) is 3. The van der Waals surface area contributed by atoms with E-state index in [0.717, 1.165) is 44.7 Å². The maximum atomic E-state index is 13.5. The quantitative estimate of drug-likeness (QED) is 0.245. The number of nitrogens with one attached hydrogen (secondary N) is 1. The summed E-state index contributed by atoms with van der Waals surface area (Å²) >= 11 is 5.90. The Kier molecular flexibility index (Phi) is 11.6. The van der Waals surface area contributed by atoms with Crippen LogP contribution in [0.2, 0.25) is 5.02 Å². The van der Waals surface area contributed by atoms with Crippen LogP contribution < -0.4 is 14.8 Å². The molecule has 1 atom stereocenters. The minimum absolute atomic E-state index is 0.0364. The molecule has 1 aliphatic heterocycles. The third-order valence-corrected chi connectivity index (χ3v) is 6.03. The van der Waals surface area contributed by atoms with Crippen molar-refractivity contribution in [1.82, 2.24) is 14.9 Å². The van der Waals surface area contributed by atoms with E-state index in [1.807, 2.05) is 12.1 Å². The van der Waals surface area contributed by atoms with Crippen molar-refractivity contribution in [3.8, 4) is 11.5 Å². The van der Waals surface area contributed by atoms with Gasteiger partial charge in [-0.25, -0.2) is 19.2 Å². The van der Waals surface area contributed by atoms with Crippen molar-refractivity contribution in [2.75, 3.05) is 51.9 Å². The lowest BCUT2D eigenvalue weighted by Crippen LogP contribution is -2.37. The Balaban J connectivity index is 0.000000424. The summed E-state index contributed by atoms with van der Waals surface area (Å²) in [6, 6.07) is 8.09. The van der Waals surface area contributed by atoms with Gasteiger partial charge in [-0.05, 0) is 30.7 Å². The summed E-state index contributed by atoms with van der Waals surface area (Å²) < 4.78 is 30.4. The highest BCUT2D eigenvalue weighted by molar-refractivity contribution is 6.31. The zero-order valence-corrected chi connectivity index (χ0v) is 22.4. The van der Waals surface area contributed by atoms with E-state index in [2.05, 4.69) is 20.2 Å². The fourth-order valence-corrected chi connectivity index (χ4v) is 3.87. The Morgan fingerprint density at radius 2 is 1.93 bits per heavy atom. The maximum Gasteiger partial charge on any atom is 0.333 e. The number of halogens is 2. The molecule has 0 aliphatic carbocycles. The standard InChI is InChI=1S/C22H24ClFN4O3.C4H6O5/c1-29-20-13-19-16(12-21(20)31-8-2-5-28-6-9-30-10-7-28)22(26-14-25-19)27-15-3-4-18(24)17(23)11-15;5-2(4(8)9)1-3(6)7/h3-4,11-14H,2,5-10H2,1H3,(H,25,26,27);2,5H,1H2,(H,6,7)(H,8,9). The van der Waals surface area contributed by atoms with Gasteiger partial charge >= 0.3 is 11.9 Å². The predicted molar refractivity (Wildman–Crippen MR) is 144 cm³/mol. The molecule has 0 saturated carbocycles. The second-order valence-corrected chi connectivity index (χ2v) is 9.01. The van der Waals surface area contributed by atoms with E-state index in [4.69, 9.17) is 41.1 Å². The molecule has 4 rings (SSSR count). The molecule has 3 aromatic rings. The Morgan fingerprint density at radius 1 is 1.18 bits per heavy atom. The van der Waals surface area contributed by atoms with Gasteiger partial charge < -0.3 is 34.8 Å². The number of hydrogen-bond donors (Lipinski definition) is 4. The first-order valence-corrected chi connectivity index (χ1v) is 12.7. The minimum atomic E-state index is -1.79. The summed E-state index contributed by atoms with van der Waals surface area (Å²) in [6.45, 7) is 5.00. The number of benzene rings is 2. The van der Waals surface area contributed by atoms with E-state index in [-0.39, 0.29) is 5.02 Å². The highest BCUT2D eigenvalue weighted by Gasteiger charge is 2.16. The molecule has 1 unspecified atom stereocenters. The van der Waals surface area contributed by atoms with E-state index < -0.39 is 30.3 Å². The number of hydrogen-bond acceptors (Lipinski definition) is 10. The molecule has 14 heteroatoms. The Hall–Kier alpha value is -3.78. The van der Waals surface area contributed by atoms with Crippen molar-refractivity contribution >= 4 is 45.9 Å². The highest BCUT2D eigenvalue weighted by Crippen LogP contribution is 2.35. The first-order valence-electron chi connectivity index (χ1n) is 12.3. The van der Waals surface area contributed by atoms with Crippen molar-refractivity contribution in [2.24, 2.45) is 0 Å².